The van der Waals surface area contributed by atoms with Gasteiger partial charge in [-0.15, -0.1) is 0 Å². The Morgan fingerprint density at radius 3 is 2.62 bits per heavy atom. The summed E-state index contributed by atoms with van der Waals surface area (Å²) in [6, 6.07) is 0.662. The van der Waals surface area contributed by atoms with E-state index in [2.05, 4.69) is 17.1 Å². The molecule has 1 aliphatic heterocycles. The van der Waals surface area contributed by atoms with E-state index in [0.29, 0.717) is 12.5 Å². The molecular weight excluding hydrogens is 204 g/mol. The molecule has 1 rings (SSSR count). The molecule has 1 fully saturated rings. The predicted molar refractivity (Wildman–Crippen MR) is 64.6 cm³/mol. The third-order valence-corrected chi connectivity index (χ3v) is 3.17. The van der Waals surface area contributed by atoms with Crippen molar-refractivity contribution < 1.29 is 9.90 Å². The van der Waals surface area contributed by atoms with Crippen LogP contribution < -0.4 is 5.32 Å². The monoisotopic (exact) mass is 228 g/mol. The minimum Gasteiger partial charge on any atom is -0.481 e. The van der Waals surface area contributed by atoms with Crippen LogP contribution in [0.25, 0.3) is 0 Å². The molecular formula is C12H24N2O2. The molecule has 94 valence electrons. The van der Waals surface area contributed by atoms with Crippen molar-refractivity contribution in [3.8, 4) is 0 Å². The van der Waals surface area contributed by atoms with E-state index < -0.39 is 5.97 Å². The van der Waals surface area contributed by atoms with Gasteiger partial charge in [-0.05, 0) is 51.9 Å². The molecule has 1 saturated heterocycles. The molecule has 1 aliphatic rings. The molecule has 0 atom stereocenters. The topological polar surface area (TPSA) is 52.6 Å². The largest absolute Gasteiger partial charge is 0.481 e. The number of hydrogen-bond donors (Lipinski definition) is 2. The molecule has 0 spiro atoms. The number of nitrogens with one attached hydrogen (secondary N) is 1. The van der Waals surface area contributed by atoms with Crippen LogP contribution in [-0.2, 0) is 4.79 Å². The van der Waals surface area contributed by atoms with E-state index in [4.69, 9.17) is 5.11 Å². The Labute approximate surface area is 98.0 Å². The van der Waals surface area contributed by atoms with Crippen molar-refractivity contribution in [2.75, 3.05) is 26.2 Å². The fraction of sp³-hybridized carbons (Fsp3) is 0.917. The molecule has 0 radical (unpaired) electrons. The molecule has 0 aromatic carbocycles. The molecule has 0 amide bonds. The first-order valence-electron chi connectivity index (χ1n) is 6.40. The lowest BCUT2D eigenvalue weighted by molar-refractivity contribution is -0.137. The summed E-state index contributed by atoms with van der Waals surface area (Å²) in [6.45, 7) is 6.42. The van der Waals surface area contributed by atoms with Gasteiger partial charge >= 0.3 is 5.97 Å². The maximum atomic E-state index is 10.5. The second-order valence-electron chi connectivity index (χ2n) is 4.51. The zero-order chi connectivity index (χ0) is 11.8. The Hall–Kier alpha value is -0.610. The van der Waals surface area contributed by atoms with Gasteiger partial charge in [-0.1, -0.05) is 6.92 Å². The highest BCUT2D eigenvalue weighted by molar-refractivity contribution is 5.66. The van der Waals surface area contributed by atoms with Gasteiger partial charge in [0.25, 0.3) is 0 Å². The van der Waals surface area contributed by atoms with E-state index in [1.54, 1.807) is 0 Å². The number of aliphatic carboxylic acids is 1. The van der Waals surface area contributed by atoms with E-state index >= 15 is 0 Å². The third kappa shape index (κ3) is 4.94. The summed E-state index contributed by atoms with van der Waals surface area (Å²) < 4.78 is 0. The fourth-order valence-corrected chi connectivity index (χ4v) is 2.37. The highest BCUT2D eigenvalue weighted by Gasteiger charge is 2.19. The Morgan fingerprint density at radius 2 is 2.06 bits per heavy atom. The minimum absolute atomic E-state index is 0.297. The van der Waals surface area contributed by atoms with E-state index in [0.717, 1.165) is 39.0 Å². The highest BCUT2D eigenvalue weighted by atomic mass is 16.4. The van der Waals surface area contributed by atoms with Gasteiger partial charge in [0.05, 0.1) is 0 Å². The van der Waals surface area contributed by atoms with Crippen molar-refractivity contribution in [2.45, 2.75) is 45.1 Å². The number of carboxylic acids is 1. The molecule has 0 aromatic heterocycles. The van der Waals surface area contributed by atoms with E-state index in [-0.39, 0.29) is 0 Å². The van der Waals surface area contributed by atoms with Crippen LogP contribution in [-0.4, -0.2) is 48.2 Å². The molecule has 0 unspecified atom stereocenters. The van der Waals surface area contributed by atoms with E-state index in [9.17, 15) is 4.79 Å². The van der Waals surface area contributed by atoms with Gasteiger partial charge in [0.2, 0.25) is 0 Å². The van der Waals surface area contributed by atoms with Gasteiger partial charge in [0, 0.05) is 12.5 Å². The normalized spacial score (nSPS) is 17.9. The first-order chi connectivity index (χ1) is 7.74. The van der Waals surface area contributed by atoms with Crippen molar-refractivity contribution >= 4 is 5.97 Å². The zero-order valence-corrected chi connectivity index (χ0v) is 10.2. The van der Waals surface area contributed by atoms with Gasteiger partial charge in [-0.2, -0.15) is 0 Å². The van der Waals surface area contributed by atoms with Gasteiger partial charge in [-0.25, -0.2) is 0 Å². The Morgan fingerprint density at radius 1 is 1.38 bits per heavy atom. The average Bonchev–Trinajstić information content (AvgIpc) is 2.29. The second kappa shape index (κ2) is 7.63. The van der Waals surface area contributed by atoms with Crippen LogP contribution in [0.1, 0.15) is 39.0 Å². The van der Waals surface area contributed by atoms with Crippen LogP contribution in [0.3, 0.4) is 0 Å². The summed E-state index contributed by atoms with van der Waals surface area (Å²) in [5.74, 6) is -0.679. The van der Waals surface area contributed by atoms with Gasteiger partial charge in [0.1, 0.15) is 0 Å². The highest BCUT2D eigenvalue weighted by Crippen LogP contribution is 2.13. The third-order valence-electron chi connectivity index (χ3n) is 3.17. The summed E-state index contributed by atoms with van der Waals surface area (Å²) in [6.07, 6.45) is 4.63. The minimum atomic E-state index is -0.679. The Bertz CT molecular complexity index is 203. The van der Waals surface area contributed by atoms with Crippen molar-refractivity contribution in [3.63, 3.8) is 0 Å². The number of hydrogen-bond acceptors (Lipinski definition) is 3. The lowest BCUT2D eigenvalue weighted by Crippen LogP contribution is -2.43. The molecule has 1 heterocycles. The molecule has 0 aliphatic carbocycles. The molecule has 0 aromatic rings. The van der Waals surface area contributed by atoms with Crippen molar-refractivity contribution in [2.24, 2.45) is 0 Å². The molecule has 16 heavy (non-hydrogen) atoms. The molecule has 4 nitrogen and oxygen atoms in total. The Kier molecular flexibility index (Phi) is 6.42. The quantitative estimate of drug-likeness (QED) is 0.690. The maximum absolute atomic E-state index is 10.5. The predicted octanol–water partition coefficient (Wildman–Crippen LogP) is 1.32. The summed E-state index contributed by atoms with van der Waals surface area (Å²) >= 11 is 0. The van der Waals surface area contributed by atoms with Crippen LogP contribution in [0.4, 0.5) is 0 Å². The second-order valence-corrected chi connectivity index (χ2v) is 4.51. The number of carboxylic acid groups (broad SMARTS) is 1. The zero-order valence-electron chi connectivity index (χ0n) is 10.2. The van der Waals surface area contributed by atoms with Crippen molar-refractivity contribution in [3.05, 3.63) is 0 Å². The number of carbonyl (C=O) groups is 1. The molecule has 2 N–H and O–H groups in total. The lowest BCUT2D eigenvalue weighted by Gasteiger charge is -2.34. The SMILES string of the molecule is CCCN(CCCC(=O)O)C1CCNCC1. The first-order valence-corrected chi connectivity index (χ1v) is 6.40. The van der Waals surface area contributed by atoms with Crippen LogP contribution in [0.2, 0.25) is 0 Å². The van der Waals surface area contributed by atoms with Gasteiger partial charge in [-0.3, -0.25) is 4.79 Å². The lowest BCUT2D eigenvalue weighted by atomic mass is 10.0. The van der Waals surface area contributed by atoms with Crippen molar-refractivity contribution in [1.82, 2.24) is 10.2 Å². The average molecular weight is 228 g/mol. The van der Waals surface area contributed by atoms with E-state index in [1.807, 2.05) is 0 Å². The smallest absolute Gasteiger partial charge is 0.303 e. The number of rotatable bonds is 7. The summed E-state index contributed by atoms with van der Waals surface area (Å²) in [4.78, 5) is 13.0. The van der Waals surface area contributed by atoms with Crippen LogP contribution >= 0.6 is 0 Å². The fourth-order valence-electron chi connectivity index (χ4n) is 2.37. The van der Waals surface area contributed by atoms with Crippen LogP contribution in [0.15, 0.2) is 0 Å². The summed E-state index contributed by atoms with van der Waals surface area (Å²) in [5, 5.41) is 12.0. The molecule has 0 saturated carbocycles. The van der Waals surface area contributed by atoms with Crippen LogP contribution in [0, 0.1) is 0 Å². The first kappa shape index (κ1) is 13.5. The van der Waals surface area contributed by atoms with Gasteiger partial charge in [0.15, 0.2) is 0 Å². The number of nitrogens with zero attached hydrogens (tertiary/aromatic N) is 1. The summed E-state index contributed by atoms with van der Waals surface area (Å²) in [5.41, 5.74) is 0. The Balaban J connectivity index is 2.30. The standard InChI is InChI=1S/C12H24N2O2/c1-2-9-14(10-3-4-12(15)16)11-5-7-13-8-6-11/h11,13H,2-10H2,1H3,(H,15,16). The summed E-state index contributed by atoms with van der Waals surface area (Å²) in [7, 11) is 0. The van der Waals surface area contributed by atoms with Crippen molar-refractivity contribution in [1.29, 1.82) is 0 Å². The van der Waals surface area contributed by atoms with Crippen LogP contribution in [0.5, 0.6) is 0 Å². The molecule has 0 bridgehead atoms. The number of piperidine rings is 1. The van der Waals surface area contributed by atoms with Gasteiger partial charge < -0.3 is 15.3 Å². The molecule has 4 heteroatoms. The van der Waals surface area contributed by atoms with E-state index in [1.165, 1.54) is 12.8 Å². The maximum Gasteiger partial charge on any atom is 0.303 e.